The zero-order valence-corrected chi connectivity index (χ0v) is 16.9. The Bertz CT molecular complexity index is 1460. The molecular weight excluding hydrogens is 412 g/mol. The van der Waals surface area contributed by atoms with Crippen molar-refractivity contribution in [3.8, 4) is 16.9 Å². The number of nitrogens with zero attached hydrogens (tertiary/aromatic N) is 4. The Kier molecular flexibility index (Phi) is 4.69. The van der Waals surface area contributed by atoms with Crippen LogP contribution in [0.25, 0.3) is 22.7 Å². The summed E-state index contributed by atoms with van der Waals surface area (Å²) in [5, 5.41) is 5.05. The molecule has 0 saturated heterocycles. The minimum absolute atomic E-state index is 0.00624. The SMILES string of the molecule is O=C(c1ccccc1)c1nn(-c2ccc(Cl)cc2)c2nc(-c3ccccc3)cc(=O)n12. The molecule has 0 unspecified atom stereocenters. The van der Waals surface area contributed by atoms with Gasteiger partial charge in [-0.25, -0.2) is 9.38 Å². The molecule has 2 heterocycles. The van der Waals surface area contributed by atoms with Crippen molar-refractivity contribution in [2.24, 2.45) is 0 Å². The summed E-state index contributed by atoms with van der Waals surface area (Å²) < 4.78 is 2.73. The molecule has 0 spiro atoms. The van der Waals surface area contributed by atoms with E-state index in [4.69, 9.17) is 11.6 Å². The summed E-state index contributed by atoms with van der Waals surface area (Å²) in [6.07, 6.45) is 0. The highest BCUT2D eigenvalue weighted by Crippen LogP contribution is 2.20. The lowest BCUT2D eigenvalue weighted by Gasteiger charge is -2.05. The minimum atomic E-state index is -0.386. The van der Waals surface area contributed by atoms with E-state index >= 15 is 0 Å². The predicted octanol–water partition coefficient (Wildman–Crippen LogP) is 4.43. The van der Waals surface area contributed by atoms with Gasteiger partial charge in [0.25, 0.3) is 5.56 Å². The molecule has 150 valence electrons. The van der Waals surface area contributed by atoms with Crippen molar-refractivity contribution in [3.05, 3.63) is 118 Å². The number of carbonyl (C=O) groups excluding carboxylic acids is 1. The fourth-order valence-corrected chi connectivity index (χ4v) is 3.50. The van der Waals surface area contributed by atoms with E-state index in [0.29, 0.717) is 22.0 Å². The first kappa shape index (κ1) is 19.0. The molecule has 5 rings (SSSR count). The monoisotopic (exact) mass is 426 g/mol. The quantitative estimate of drug-likeness (QED) is 0.398. The number of aromatic nitrogens is 4. The van der Waals surface area contributed by atoms with Crippen LogP contribution in [0.1, 0.15) is 16.2 Å². The van der Waals surface area contributed by atoms with Crippen LogP contribution in [0.5, 0.6) is 0 Å². The van der Waals surface area contributed by atoms with Gasteiger partial charge in [-0.3, -0.25) is 9.59 Å². The fourth-order valence-electron chi connectivity index (χ4n) is 3.37. The number of hydrogen-bond donors (Lipinski definition) is 0. The maximum absolute atomic E-state index is 13.2. The molecule has 0 saturated carbocycles. The lowest BCUT2D eigenvalue weighted by molar-refractivity contribution is 0.102. The first-order valence-electron chi connectivity index (χ1n) is 9.56. The van der Waals surface area contributed by atoms with E-state index in [1.165, 1.54) is 15.1 Å². The van der Waals surface area contributed by atoms with Crippen molar-refractivity contribution in [1.82, 2.24) is 19.2 Å². The highest BCUT2D eigenvalue weighted by atomic mass is 35.5. The molecule has 0 aliphatic heterocycles. The van der Waals surface area contributed by atoms with Crippen LogP contribution in [0.15, 0.2) is 95.8 Å². The number of fused-ring (bicyclic) bond motifs is 1. The molecule has 0 aliphatic rings. The molecule has 0 bridgehead atoms. The van der Waals surface area contributed by atoms with Gasteiger partial charge in [0.2, 0.25) is 17.4 Å². The topological polar surface area (TPSA) is 69.3 Å². The summed E-state index contributed by atoms with van der Waals surface area (Å²) in [5.74, 6) is -0.129. The Hall–Kier alpha value is -4.03. The number of hydrogen-bond acceptors (Lipinski definition) is 4. The van der Waals surface area contributed by atoms with Gasteiger partial charge in [0, 0.05) is 22.2 Å². The largest absolute Gasteiger partial charge is 0.285 e. The van der Waals surface area contributed by atoms with Crippen molar-refractivity contribution in [1.29, 1.82) is 0 Å². The maximum atomic E-state index is 13.2. The van der Waals surface area contributed by atoms with Crippen LogP contribution in [0.2, 0.25) is 5.02 Å². The van der Waals surface area contributed by atoms with Crippen molar-refractivity contribution in [2.45, 2.75) is 0 Å². The summed E-state index contributed by atoms with van der Waals surface area (Å²) in [4.78, 5) is 31.0. The number of ketones is 1. The highest BCUT2D eigenvalue weighted by molar-refractivity contribution is 6.30. The molecule has 6 nitrogen and oxygen atoms in total. The third kappa shape index (κ3) is 3.43. The van der Waals surface area contributed by atoms with Gasteiger partial charge in [-0.05, 0) is 24.3 Å². The van der Waals surface area contributed by atoms with Gasteiger partial charge in [0.15, 0.2) is 0 Å². The van der Waals surface area contributed by atoms with Crippen LogP contribution in [-0.2, 0) is 0 Å². The van der Waals surface area contributed by atoms with Gasteiger partial charge in [0.05, 0.1) is 11.4 Å². The molecule has 3 aromatic carbocycles. The lowest BCUT2D eigenvalue weighted by atomic mass is 10.1. The van der Waals surface area contributed by atoms with Crippen molar-refractivity contribution >= 4 is 23.2 Å². The van der Waals surface area contributed by atoms with Crippen LogP contribution in [0.4, 0.5) is 0 Å². The van der Waals surface area contributed by atoms with E-state index in [1.54, 1.807) is 48.5 Å². The molecule has 0 N–H and O–H groups in total. The normalized spacial score (nSPS) is 11.0. The van der Waals surface area contributed by atoms with Gasteiger partial charge in [-0.1, -0.05) is 72.3 Å². The fraction of sp³-hybridized carbons (Fsp3) is 0. The van der Waals surface area contributed by atoms with Gasteiger partial charge in [-0.15, -0.1) is 5.10 Å². The predicted molar refractivity (Wildman–Crippen MR) is 119 cm³/mol. The molecule has 0 amide bonds. The van der Waals surface area contributed by atoms with Crippen LogP contribution < -0.4 is 5.56 Å². The van der Waals surface area contributed by atoms with Gasteiger partial charge >= 0.3 is 0 Å². The number of rotatable bonds is 4. The smallest absolute Gasteiger partial charge is 0.261 e. The van der Waals surface area contributed by atoms with Gasteiger partial charge in [0.1, 0.15) is 0 Å². The molecule has 2 aromatic heterocycles. The average molecular weight is 427 g/mol. The first-order chi connectivity index (χ1) is 15.1. The second-order valence-electron chi connectivity index (χ2n) is 6.89. The summed E-state index contributed by atoms with van der Waals surface area (Å²) in [6.45, 7) is 0. The van der Waals surface area contributed by atoms with Crippen molar-refractivity contribution in [3.63, 3.8) is 0 Å². The molecule has 5 aromatic rings. The molecule has 0 radical (unpaired) electrons. The molecular formula is C24H15ClN4O2. The van der Waals surface area contributed by atoms with E-state index in [9.17, 15) is 9.59 Å². The van der Waals surface area contributed by atoms with Crippen LogP contribution in [0.3, 0.4) is 0 Å². The van der Waals surface area contributed by atoms with Crippen LogP contribution >= 0.6 is 11.6 Å². The molecule has 0 fully saturated rings. The summed E-state index contributed by atoms with van der Waals surface area (Å²) in [5.41, 5.74) is 1.97. The second-order valence-corrected chi connectivity index (χ2v) is 7.32. The zero-order valence-electron chi connectivity index (χ0n) is 16.1. The average Bonchev–Trinajstić information content (AvgIpc) is 3.20. The number of halogens is 1. The molecule has 7 heteroatoms. The third-order valence-electron chi connectivity index (χ3n) is 4.88. The third-order valence-corrected chi connectivity index (χ3v) is 5.13. The maximum Gasteiger partial charge on any atom is 0.261 e. The number of carbonyl (C=O) groups is 1. The van der Waals surface area contributed by atoms with Crippen molar-refractivity contribution in [2.75, 3.05) is 0 Å². The lowest BCUT2D eigenvalue weighted by Crippen LogP contribution is -2.19. The standard InChI is InChI=1S/C24H15ClN4O2/c25-18-11-13-19(14-12-18)29-24-26-20(16-7-3-1-4-8-16)15-21(30)28(24)23(27-29)22(31)17-9-5-2-6-10-17/h1-15H. The highest BCUT2D eigenvalue weighted by Gasteiger charge is 2.22. The zero-order chi connectivity index (χ0) is 21.4. The van der Waals surface area contributed by atoms with Gasteiger partial charge in [-0.2, -0.15) is 4.68 Å². The summed E-state index contributed by atoms with van der Waals surface area (Å²) >= 11 is 6.03. The van der Waals surface area contributed by atoms with E-state index in [1.807, 2.05) is 36.4 Å². The Balaban J connectivity index is 1.80. The Morgan fingerprint density at radius 2 is 1.48 bits per heavy atom. The van der Waals surface area contributed by atoms with Gasteiger partial charge < -0.3 is 0 Å². The molecule has 31 heavy (non-hydrogen) atoms. The van der Waals surface area contributed by atoms with E-state index in [0.717, 1.165) is 5.56 Å². The Labute approximate surface area is 182 Å². The molecule has 0 aliphatic carbocycles. The number of benzene rings is 3. The first-order valence-corrected chi connectivity index (χ1v) is 9.93. The van der Waals surface area contributed by atoms with Crippen molar-refractivity contribution < 1.29 is 4.79 Å². The summed E-state index contributed by atoms with van der Waals surface area (Å²) in [6, 6.07) is 26.5. The van der Waals surface area contributed by atoms with E-state index in [-0.39, 0.29) is 22.9 Å². The summed E-state index contributed by atoms with van der Waals surface area (Å²) in [7, 11) is 0. The Morgan fingerprint density at radius 3 is 2.16 bits per heavy atom. The molecule has 0 atom stereocenters. The van der Waals surface area contributed by atoms with Crippen LogP contribution in [0, 0.1) is 0 Å². The Morgan fingerprint density at radius 1 is 0.839 bits per heavy atom. The minimum Gasteiger partial charge on any atom is -0.285 e. The van der Waals surface area contributed by atoms with E-state index in [2.05, 4.69) is 10.1 Å². The second kappa shape index (κ2) is 7.66. The van der Waals surface area contributed by atoms with Crippen LogP contribution in [-0.4, -0.2) is 24.9 Å². The van der Waals surface area contributed by atoms with E-state index < -0.39 is 0 Å².